The van der Waals surface area contributed by atoms with Crippen molar-refractivity contribution < 1.29 is 22.8 Å². The summed E-state index contributed by atoms with van der Waals surface area (Å²) in [6, 6.07) is 8.40. The highest BCUT2D eigenvalue weighted by atomic mass is 19.4. The molecule has 168 valence electrons. The smallest absolute Gasteiger partial charge is 0.353 e. The number of benzene rings is 1. The Morgan fingerprint density at radius 2 is 1.90 bits per heavy atom. The lowest BCUT2D eigenvalue weighted by Crippen LogP contribution is -2.44. The summed E-state index contributed by atoms with van der Waals surface area (Å²) < 4.78 is 41.2. The number of halogens is 3. The van der Waals surface area contributed by atoms with E-state index in [0.29, 0.717) is 19.5 Å². The van der Waals surface area contributed by atoms with Crippen LogP contribution in [0.1, 0.15) is 54.2 Å². The summed E-state index contributed by atoms with van der Waals surface area (Å²) >= 11 is 0. The van der Waals surface area contributed by atoms with E-state index in [-0.39, 0.29) is 24.1 Å². The van der Waals surface area contributed by atoms with Crippen LogP contribution in [0.5, 0.6) is 0 Å². The normalized spacial score (nSPS) is 13.8. The molecule has 0 radical (unpaired) electrons. The molecule has 5 nitrogen and oxygen atoms in total. The van der Waals surface area contributed by atoms with Gasteiger partial charge in [-0.05, 0) is 49.6 Å². The molecule has 0 bridgehead atoms. The van der Waals surface area contributed by atoms with Crippen molar-refractivity contribution in [1.29, 1.82) is 0 Å². The van der Waals surface area contributed by atoms with Gasteiger partial charge in [-0.3, -0.25) is 9.59 Å². The van der Waals surface area contributed by atoms with Crippen LogP contribution in [0.3, 0.4) is 0 Å². The van der Waals surface area contributed by atoms with E-state index in [4.69, 9.17) is 0 Å². The average Bonchev–Trinajstić information content (AvgIpc) is 3.49. The molecule has 1 aliphatic rings. The molecule has 31 heavy (non-hydrogen) atoms. The van der Waals surface area contributed by atoms with Crippen LogP contribution >= 0.6 is 0 Å². The largest absolute Gasteiger partial charge is 0.416 e. The molecular formula is C23H28F3N3O2. The first-order chi connectivity index (χ1) is 14.7. The predicted molar refractivity (Wildman–Crippen MR) is 111 cm³/mol. The second-order valence-corrected chi connectivity index (χ2v) is 8.02. The minimum atomic E-state index is -4.53. The van der Waals surface area contributed by atoms with E-state index in [1.54, 1.807) is 4.90 Å². The molecule has 1 aromatic carbocycles. The number of alkyl halides is 3. The monoisotopic (exact) mass is 435 g/mol. The van der Waals surface area contributed by atoms with E-state index in [1.165, 1.54) is 17.0 Å². The fourth-order valence-corrected chi connectivity index (χ4v) is 3.51. The molecule has 0 saturated heterocycles. The third-order valence-corrected chi connectivity index (χ3v) is 5.52. The molecule has 0 spiro atoms. The first kappa shape index (κ1) is 22.9. The van der Waals surface area contributed by atoms with Gasteiger partial charge in [0.1, 0.15) is 6.54 Å². The highest BCUT2D eigenvalue weighted by Gasteiger charge is 2.35. The van der Waals surface area contributed by atoms with Gasteiger partial charge in [0, 0.05) is 37.1 Å². The third-order valence-electron chi connectivity index (χ3n) is 5.52. The lowest BCUT2D eigenvalue weighted by molar-refractivity contribution is -0.137. The summed E-state index contributed by atoms with van der Waals surface area (Å²) in [4.78, 5) is 29.3. The van der Waals surface area contributed by atoms with E-state index < -0.39 is 17.6 Å². The Balaban J connectivity index is 1.77. The first-order valence-corrected chi connectivity index (χ1v) is 10.6. The van der Waals surface area contributed by atoms with Crippen molar-refractivity contribution in [1.82, 2.24) is 14.4 Å². The lowest BCUT2D eigenvalue weighted by atomic mass is 10.1. The Labute approximate surface area is 180 Å². The van der Waals surface area contributed by atoms with Crippen molar-refractivity contribution in [2.75, 3.05) is 13.1 Å². The highest BCUT2D eigenvalue weighted by Crippen LogP contribution is 2.30. The van der Waals surface area contributed by atoms with Crippen LogP contribution in [0.2, 0.25) is 0 Å². The number of aryl methyl sites for hydroxylation is 1. The molecule has 1 heterocycles. The first-order valence-electron chi connectivity index (χ1n) is 10.6. The standard InChI is InChI=1S/C23H28F3N3O2/c1-3-4-13-28(22(31)17-7-5-8-18(14-17)23(24,25)26)16-21(30)29(19-10-11-19)15-20-9-6-12-27(20)2/h5-9,12,14,19H,3-4,10-11,13,15-16H2,1-2H3. The average molecular weight is 435 g/mol. The molecule has 1 aliphatic carbocycles. The number of carbonyl (C=O) groups is 2. The van der Waals surface area contributed by atoms with E-state index in [2.05, 4.69) is 0 Å². The summed E-state index contributed by atoms with van der Waals surface area (Å²) in [5.41, 5.74) is 0.0622. The van der Waals surface area contributed by atoms with Crippen molar-refractivity contribution in [2.45, 2.75) is 51.4 Å². The molecular weight excluding hydrogens is 407 g/mol. The van der Waals surface area contributed by atoms with Gasteiger partial charge in [-0.1, -0.05) is 19.4 Å². The van der Waals surface area contributed by atoms with Gasteiger partial charge in [-0.2, -0.15) is 13.2 Å². The number of amides is 2. The van der Waals surface area contributed by atoms with Gasteiger partial charge in [0.05, 0.1) is 12.1 Å². The second-order valence-electron chi connectivity index (χ2n) is 8.02. The molecule has 1 aromatic heterocycles. The van der Waals surface area contributed by atoms with Crippen LogP contribution in [-0.4, -0.2) is 45.3 Å². The highest BCUT2D eigenvalue weighted by molar-refractivity contribution is 5.96. The number of unbranched alkanes of at least 4 members (excludes halogenated alkanes) is 1. The van der Waals surface area contributed by atoms with Gasteiger partial charge in [0.15, 0.2) is 0 Å². The van der Waals surface area contributed by atoms with Gasteiger partial charge in [-0.15, -0.1) is 0 Å². The minimum absolute atomic E-state index is 0.0564. The van der Waals surface area contributed by atoms with E-state index in [0.717, 1.165) is 37.1 Å². The number of carbonyl (C=O) groups excluding carboxylic acids is 2. The molecule has 1 fully saturated rings. The number of rotatable bonds is 9. The van der Waals surface area contributed by atoms with Gasteiger partial charge in [0.2, 0.25) is 5.91 Å². The molecule has 3 rings (SSSR count). The zero-order valence-corrected chi connectivity index (χ0v) is 17.9. The second kappa shape index (κ2) is 9.58. The maximum absolute atomic E-state index is 13.1. The van der Waals surface area contributed by atoms with Gasteiger partial charge in [0.25, 0.3) is 5.91 Å². The molecule has 0 N–H and O–H groups in total. The van der Waals surface area contributed by atoms with Gasteiger partial charge < -0.3 is 14.4 Å². The van der Waals surface area contributed by atoms with E-state index in [1.807, 2.05) is 36.9 Å². The van der Waals surface area contributed by atoms with Crippen molar-refractivity contribution in [3.63, 3.8) is 0 Å². The zero-order valence-electron chi connectivity index (χ0n) is 17.9. The molecule has 2 amide bonds. The Morgan fingerprint density at radius 3 is 2.48 bits per heavy atom. The van der Waals surface area contributed by atoms with Crippen molar-refractivity contribution >= 4 is 11.8 Å². The number of aromatic nitrogens is 1. The molecule has 2 aromatic rings. The maximum atomic E-state index is 13.1. The Kier molecular flexibility index (Phi) is 7.08. The van der Waals surface area contributed by atoms with Crippen LogP contribution in [-0.2, 0) is 24.6 Å². The van der Waals surface area contributed by atoms with Crippen LogP contribution in [0.25, 0.3) is 0 Å². The summed E-state index contributed by atoms with van der Waals surface area (Å²) in [7, 11) is 1.91. The third kappa shape index (κ3) is 5.89. The molecule has 1 saturated carbocycles. The van der Waals surface area contributed by atoms with Crippen LogP contribution < -0.4 is 0 Å². The fourth-order valence-electron chi connectivity index (χ4n) is 3.51. The van der Waals surface area contributed by atoms with Gasteiger partial charge in [-0.25, -0.2) is 0 Å². The fraction of sp³-hybridized carbons (Fsp3) is 0.478. The predicted octanol–water partition coefficient (Wildman–Crippen LogP) is 4.48. The summed E-state index contributed by atoms with van der Waals surface area (Å²) in [5.74, 6) is -0.734. The molecule has 8 heteroatoms. The number of hydrogen-bond donors (Lipinski definition) is 0. The van der Waals surface area contributed by atoms with E-state index in [9.17, 15) is 22.8 Å². The summed E-state index contributed by atoms with van der Waals surface area (Å²) in [6.45, 7) is 2.59. The Hall–Kier alpha value is -2.77. The zero-order chi connectivity index (χ0) is 22.6. The van der Waals surface area contributed by atoms with Crippen molar-refractivity contribution in [3.05, 3.63) is 59.4 Å². The minimum Gasteiger partial charge on any atom is -0.353 e. The SMILES string of the molecule is CCCCN(CC(=O)N(Cc1cccn1C)C1CC1)C(=O)c1cccc(C(F)(F)F)c1. The lowest BCUT2D eigenvalue weighted by Gasteiger charge is -2.28. The molecule has 0 aliphatic heterocycles. The summed E-state index contributed by atoms with van der Waals surface area (Å²) in [5, 5.41) is 0. The van der Waals surface area contributed by atoms with Crippen LogP contribution in [0.15, 0.2) is 42.6 Å². The number of nitrogens with zero attached hydrogens (tertiary/aromatic N) is 3. The topological polar surface area (TPSA) is 45.6 Å². The Bertz CT molecular complexity index is 919. The molecule has 0 atom stereocenters. The maximum Gasteiger partial charge on any atom is 0.416 e. The van der Waals surface area contributed by atoms with Crippen LogP contribution in [0, 0.1) is 0 Å². The van der Waals surface area contributed by atoms with Crippen molar-refractivity contribution in [3.8, 4) is 0 Å². The van der Waals surface area contributed by atoms with Crippen LogP contribution in [0.4, 0.5) is 13.2 Å². The summed E-state index contributed by atoms with van der Waals surface area (Å²) in [6.07, 6.45) is 0.697. The van der Waals surface area contributed by atoms with E-state index >= 15 is 0 Å². The molecule has 0 unspecified atom stereocenters. The van der Waals surface area contributed by atoms with Gasteiger partial charge >= 0.3 is 6.18 Å². The quantitative estimate of drug-likeness (QED) is 0.583. The number of hydrogen-bond acceptors (Lipinski definition) is 2. The Morgan fingerprint density at radius 1 is 1.16 bits per heavy atom. The van der Waals surface area contributed by atoms with Crippen molar-refractivity contribution in [2.24, 2.45) is 7.05 Å².